The lowest BCUT2D eigenvalue weighted by atomic mass is 10.1. The number of benzene rings is 1. The highest BCUT2D eigenvalue weighted by Gasteiger charge is 2.31. The lowest BCUT2D eigenvalue weighted by molar-refractivity contribution is 0.559. The molecule has 2 aromatic heterocycles. The number of aromatic nitrogens is 4. The molecule has 0 bridgehead atoms. The standard InChI is InChI=1S/C18H20N4O2S/c1-4-22-17(15-9-7-13(2)8-10-15)20-21-18(22)25(23,24)14(3)16-6-5-11-19-12-16/h5-12,14H,4H2,1-3H3/t14-/m0/s1. The minimum atomic E-state index is -3.68. The fourth-order valence-electron chi connectivity index (χ4n) is 2.65. The van der Waals surface area contributed by atoms with Crippen LogP contribution in [0.1, 0.15) is 30.2 Å². The summed E-state index contributed by atoms with van der Waals surface area (Å²) in [6, 6.07) is 11.3. The van der Waals surface area contributed by atoms with Crippen LogP contribution in [-0.2, 0) is 16.4 Å². The van der Waals surface area contributed by atoms with Crippen molar-refractivity contribution < 1.29 is 8.42 Å². The predicted molar refractivity (Wildman–Crippen MR) is 95.7 cm³/mol. The molecular weight excluding hydrogens is 336 g/mol. The maximum absolute atomic E-state index is 13.1. The second-order valence-corrected chi connectivity index (χ2v) is 8.05. The van der Waals surface area contributed by atoms with E-state index in [1.165, 1.54) is 0 Å². The number of nitrogens with zero attached hydrogens (tertiary/aromatic N) is 4. The van der Waals surface area contributed by atoms with Crippen molar-refractivity contribution in [1.29, 1.82) is 0 Å². The van der Waals surface area contributed by atoms with E-state index in [-0.39, 0.29) is 5.16 Å². The molecule has 0 spiro atoms. The second-order valence-electron chi connectivity index (χ2n) is 5.89. The number of pyridine rings is 1. The summed E-state index contributed by atoms with van der Waals surface area (Å²) >= 11 is 0. The van der Waals surface area contributed by atoms with Crippen molar-refractivity contribution >= 4 is 9.84 Å². The minimum Gasteiger partial charge on any atom is -0.298 e. The molecule has 6 nitrogen and oxygen atoms in total. The molecular formula is C18H20N4O2S. The van der Waals surface area contributed by atoms with E-state index < -0.39 is 15.1 Å². The van der Waals surface area contributed by atoms with Crippen molar-refractivity contribution in [3.8, 4) is 11.4 Å². The fraction of sp³-hybridized carbons (Fsp3) is 0.278. The van der Waals surface area contributed by atoms with Crippen LogP contribution in [0.2, 0.25) is 0 Å². The van der Waals surface area contributed by atoms with Crippen LogP contribution in [0.3, 0.4) is 0 Å². The summed E-state index contributed by atoms with van der Waals surface area (Å²) in [5, 5.41) is 7.40. The van der Waals surface area contributed by atoms with Gasteiger partial charge < -0.3 is 0 Å². The Kier molecular flexibility index (Phi) is 4.67. The summed E-state index contributed by atoms with van der Waals surface area (Å²) in [4.78, 5) is 4.01. The SMILES string of the molecule is CCn1c(-c2ccc(C)cc2)nnc1S(=O)(=O)[C@@H](C)c1cccnc1. The van der Waals surface area contributed by atoms with Gasteiger partial charge in [-0.05, 0) is 32.4 Å². The zero-order valence-corrected chi connectivity index (χ0v) is 15.2. The van der Waals surface area contributed by atoms with Crippen LogP contribution < -0.4 is 0 Å². The Bertz CT molecular complexity index is 964. The first-order chi connectivity index (χ1) is 11.9. The van der Waals surface area contributed by atoms with Crippen LogP contribution in [0.4, 0.5) is 0 Å². The average Bonchev–Trinajstić information content (AvgIpc) is 3.07. The summed E-state index contributed by atoms with van der Waals surface area (Å²) in [5.41, 5.74) is 2.60. The van der Waals surface area contributed by atoms with Gasteiger partial charge in [0.2, 0.25) is 9.84 Å². The molecule has 1 atom stereocenters. The maximum Gasteiger partial charge on any atom is 0.250 e. The normalized spacial score (nSPS) is 12.9. The molecule has 0 amide bonds. The van der Waals surface area contributed by atoms with Gasteiger partial charge in [-0.15, -0.1) is 10.2 Å². The Morgan fingerprint density at radius 3 is 2.44 bits per heavy atom. The highest BCUT2D eigenvalue weighted by molar-refractivity contribution is 7.91. The molecule has 7 heteroatoms. The molecule has 0 fully saturated rings. The van der Waals surface area contributed by atoms with Gasteiger partial charge in [-0.1, -0.05) is 35.9 Å². The van der Waals surface area contributed by atoms with Gasteiger partial charge in [0.25, 0.3) is 5.16 Å². The Hall–Kier alpha value is -2.54. The van der Waals surface area contributed by atoms with Crippen LogP contribution in [0.5, 0.6) is 0 Å². The number of hydrogen-bond donors (Lipinski definition) is 0. The third-order valence-corrected chi connectivity index (χ3v) is 6.23. The van der Waals surface area contributed by atoms with Crippen molar-refractivity contribution in [2.24, 2.45) is 0 Å². The average molecular weight is 356 g/mol. The van der Waals surface area contributed by atoms with Crippen molar-refractivity contribution in [1.82, 2.24) is 19.7 Å². The summed E-state index contributed by atoms with van der Waals surface area (Å²) in [6.45, 7) is 5.99. The van der Waals surface area contributed by atoms with Gasteiger partial charge in [-0.25, -0.2) is 8.42 Å². The van der Waals surface area contributed by atoms with E-state index in [1.54, 1.807) is 36.0 Å². The lowest BCUT2D eigenvalue weighted by Gasteiger charge is -2.13. The van der Waals surface area contributed by atoms with Crippen LogP contribution in [0.25, 0.3) is 11.4 Å². The van der Waals surface area contributed by atoms with Gasteiger partial charge >= 0.3 is 0 Å². The molecule has 2 heterocycles. The topological polar surface area (TPSA) is 77.7 Å². The van der Waals surface area contributed by atoms with E-state index >= 15 is 0 Å². The first-order valence-corrected chi connectivity index (χ1v) is 9.64. The molecule has 0 saturated heterocycles. The Morgan fingerprint density at radius 2 is 1.84 bits per heavy atom. The Balaban J connectivity index is 2.07. The smallest absolute Gasteiger partial charge is 0.250 e. The zero-order chi connectivity index (χ0) is 18.0. The molecule has 0 aliphatic rings. The van der Waals surface area contributed by atoms with Crippen LogP contribution in [0, 0.1) is 6.92 Å². The third-order valence-electron chi connectivity index (χ3n) is 4.22. The summed E-state index contributed by atoms with van der Waals surface area (Å²) in [5.74, 6) is 0.555. The quantitative estimate of drug-likeness (QED) is 0.701. The second kappa shape index (κ2) is 6.76. The fourth-order valence-corrected chi connectivity index (χ4v) is 4.15. The van der Waals surface area contributed by atoms with E-state index in [1.807, 2.05) is 38.1 Å². The molecule has 0 N–H and O–H groups in total. The largest absolute Gasteiger partial charge is 0.298 e. The van der Waals surface area contributed by atoms with Crippen molar-refractivity contribution in [3.05, 3.63) is 59.9 Å². The molecule has 0 unspecified atom stereocenters. The van der Waals surface area contributed by atoms with Crippen LogP contribution in [-0.4, -0.2) is 28.2 Å². The van der Waals surface area contributed by atoms with E-state index in [0.717, 1.165) is 11.1 Å². The van der Waals surface area contributed by atoms with Gasteiger partial charge in [-0.3, -0.25) is 9.55 Å². The molecule has 0 aliphatic carbocycles. The minimum absolute atomic E-state index is 0.0121. The molecule has 1 aromatic carbocycles. The Morgan fingerprint density at radius 1 is 1.12 bits per heavy atom. The first-order valence-electron chi connectivity index (χ1n) is 8.09. The molecule has 130 valence electrons. The molecule has 0 saturated carbocycles. The van der Waals surface area contributed by atoms with Gasteiger partial charge in [0.1, 0.15) is 0 Å². The molecule has 3 rings (SSSR count). The molecule has 25 heavy (non-hydrogen) atoms. The van der Waals surface area contributed by atoms with E-state index in [0.29, 0.717) is 17.9 Å². The molecule has 3 aromatic rings. The maximum atomic E-state index is 13.1. The van der Waals surface area contributed by atoms with Crippen molar-refractivity contribution in [3.63, 3.8) is 0 Å². The first kappa shape index (κ1) is 17.3. The van der Waals surface area contributed by atoms with E-state index in [9.17, 15) is 8.42 Å². The highest BCUT2D eigenvalue weighted by atomic mass is 32.2. The van der Waals surface area contributed by atoms with Gasteiger partial charge in [-0.2, -0.15) is 0 Å². The molecule has 0 radical (unpaired) electrons. The van der Waals surface area contributed by atoms with Crippen molar-refractivity contribution in [2.45, 2.75) is 37.7 Å². The number of hydrogen-bond acceptors (Lipinski definition) is 5. The number of sulfone groups is 1. The van der Waals surface area contributed by atoms with E-state index in [2.05, 4.69) is 15.2 Å². The van der Waals surface area contributed by atoms with Crippen LogP contribution in [0.15, 0.2) is 53.9 Å². The number of rotatable bonds is 5. The predicted octanol–water partition coefficient (Wildman–Crippen LogP) is 3.20. The Labute approximate surface area is 147 Å². The van der Waals surface area contributed by atoms with Gasteiger partial charge in [0.15, 0.2) is 5.82 Å². The third kappa shape index (κ3) is 3.19. The van der Waals surface area contributed by atoms with Gasteiger partial charge in [0.05, 0.1) is 5.25 Å². The lowest BCUT2D eigenvalue weighted by Crippen LogP contribution is -2.17. The summed E-state index contributed by atoms with van der Waals surface area (Å²) in [7, 11) is -3.68. The summed E-state index contributed by atoms with van der Waals surface area (Å²) in [6.07, 6.45) is 3.18. The van der Waals surface area contributed by atoms with Crippen molar-refractivity contribution in [2.75, 3.05) is 0 Å². The highest BCUT2D eigenvalue weighted by Crippen LogP contribution is 2.29. The van der Waals surface area contributed by atoms with E-state index in [4.69, 9.17) is 0 Å². The molecule has 0 aliphatic heterocycles. The summed E-state index contributed by atoms with van der Waals surface area (Å²) < 4.78 is 27.8. The van der Waals surface area contributed by atoms with Crippen LogP contribution >= 0.6 is 0 Å². The van der Waals surface area contributed by atoms with Gasteiger partial charge in [0, 0.05) is 24.5 Å². The number of aryl methyl sites for hydroxylation is 1. The zero-order valence-electron chi connectivity index (χ0n) is 14.4. The monoisotopic (exact) mass is 356 g/mol.